The van der Waals surface area contributed by atoms with E-state index < -0.39 is 12.0 Å². The van der Waals surface area contributed by atoms with Crippen LogP contribution in [0.5, 0.6) is 0 Å². The lowest BCUT2D eigenvalue weighted by Gasteiger charge is -2.25. The number of carbonyl (C=O) groups excluding carboxylic acids is 2. The van der Waals surface area contributed by atoms with Gasteiger partial charge in [-0.05, 0) is 30.0 Å². The molecule has 1 aliphatic rings. The molecule has 1 heterocycles. The topological polar surface area (TPSA) is 46.6 Å². The van der Waals surface area contributed by atoms with E-state index >= 15 is 0 Å². The first-order valence-electron chi connectivity index (χ1n) is 8.51. The Kier molecular flexibility index (Phi) is 5.89. The molecule has 0 bridgehead atoms. The number of rotatable bonds is 6. The van der Waals surface area contributed by atoms with Crippen molar-refractivity contribution in [3.05, 3.63) is 82.9 Å². The number of amides is 2. The maximum absolute atomic E-state index is 13.3. The molecule has 4 nitrogen and oxygen atoms in total. The average Bonchev–Trinajstić information content (AvgIpc) is 3.01. The van der Waals surface area contributed by atoms with Crippen molar-refractivity contribution in [2.75, 3.05) is 6.61 Å². The van der Waals surface area contributed by atoms with Crippen molar-refractivity contribution >= 4 is 27.9 Å². The summed E-state index contributed by atoms with van der Waals surface area (Å²) in [6.45, 7) is 3.99. The Balaban J connectivity index is 1.87. The standard InChI is InChI=1S/C21H20BrNO3/c1-2-8-18(17-11-6-7-12-19(17)22)20(24)23-16(14-26-21(23)25)13-15-9-4-3-5-10-15/h2-7,9-12,16,18H,1,8,13-14H2/t16-,18-/m1/s1. The van der Waals surface area contributed by atoms with E-state index in [0.717, 1.165) is 15.6 Å². The highest BCUT2D eigenvalue weighted by molar-refractivity contribution is 9.10. The zero-order chi connectivity index (χ0) is 18.5. The van der Waals surface area contributed by atoms with Gasteiger partial charge in [0.05, 0.1) is 12.0 Å². The van der Waals surface area contributed by atoms with Crippen LogP contribution in [0.4, 0.5) is 4.79 Å². The quantitative estimate of drug-likeness (QED) is 0.644. The maximum Gasteiger partial charge on any atom is 0.417 e. The van der Waals surface area contributed by atoms with Gasteiger partial charge in [0.25, 0.3) is 0 Å². The van der Waals surface area contributed by atoms with Crippen LogP contribution in [0.25, 0.3) is 0 Å². The molecule has 0 radical (unpaired) electrons. The first kappa shape index (κ1) is 18.4. The van der Waals surface area contributed by atoms with Crippen LogP contribution in [0.2, 0.25) is 0 Å². The second-order valence-corrected chi connectivity index (χ2v) is 7.08. The minimum atomic E-state index is -0.572. The van der Waals surface area contributed by atoms with Crippen LogP contribution in [-0.4, -0.2) is 29.5 Å². The van der Waals surface area contributed by atoms with E-state index in [1.54, 1.807) is 6.08 Å². The van der Waals surface area contributed by atoms with Crippen LogP contribution in [-0.2, 0) is 16.0 Å². The second kappa shape index (κ2) is 8.32. The molecule has 1 fully saturated rings. The number of allylic oxidation sites excluding steroid dienone is 1. The molecule has 0 aliphatic carbocycles. The molecule has 26 heavy (non-hydrogen) atoms. The molecule has 0 unspecified atom stereocenters. The predicted molar refractivity (Wildman–Crippen MR) is 104 cm³/mol. The lowest BCUT2D eigenvalue weighted by atomic mass is 9.93. The SMILES string of the molecule is C=CC[C@@H](C(=O)N1C(=O)OC[C@H]1Cc1ccccc1)c1ccccc1Br. The van der Waals surface area contributed by atoms with E-state index in [9.17, 15) is 9.59 Å². The summed E-state index contributed by atoms with van der Waals surface area (Å²) in [6, 6.07) is 17.1. The van der Waals surface area contributed by atoms with Crippen molar-refractivity contribution in [2.24, 2.45) is 0 Å². The number of imide groups is 1. The molecule has 0 saturated carbocycles. The fourth-order valence-electron chi connectivity index (χ4n) is 3.22. The van der Waals surface area contributed by atoms with Crippen LogP contribution < -0.4 is 0 Å². The van der Waals surface area contributed by atoms with E-state index in [1.807, 2.05) is 54.6 Å². The van der Waals surface area contributed by atoms with E-state index in [4.69, 9.17) is 4.74 Å². The predicted octanol–water partition coefficient (Wildman–Crippen LogP) is 4.70. The Labute approximate surface area is 161 Å². The number of halogens is 1. The van der Waals surface area contributed by atoms with Gasteiger partial charge in [0.2, 0.25) is 5.91 Å². The summed E-state index contributed by atoms with van der Waals surface area (Å²) in [4.78, 5) is 26.8. The zero-order valence-corrected chi connectivity index (χ0v) is 15.9. The minimum Gasteiger partial charge on any atom is -0.447 e. The van der Waals surface area contributed by atoms with Crippen LogP contribution >= 0.6 is 15.9 Å². The number of cyclic esters (lactones) is 1. The Morgan fingerprint density at radius 3 is 2.62 bits per heavy atom. The van der Waals surface area contributed by atoms with Gasteiger partial charge in [-0.3, -0.25) is 4.79 Å². The smallest absolute Gasteiger partial charge is 0.417 e. The number of hydrogen-bond acceptors (Lipinski definition) is 3. The summed E-state index contributed by atoms with van der Waals surface area (Å²) in [5, 5.41) is 0. The summed E-state index contributed by atoms with van der Waals surface area (Å²) >= 11 is 3.51. The van der Waals surface area contributed by atoms with E-state index in [-0.39, 0.29) is 18.6 Å². The highest BCUT2D eigenvalue weighted by atomic mass is 79.9. The first-order chi connectivity index (χ1) is 12.6. The number of nitrogens with zero attached hydrogens (tertiary/aromatic N) is 1. The summed E-state index contributed by atoms with van der Waals surface area (Å²) < 4.78 is 6.03. The molecule has 0 N–H and O–H groups in total. The van der Waals surface area contributed by atoms with Crippen LogP contribution in [0.1, 0.15) is 23.5 Å². The van der Waals surface area contributed by atoms with Crippen molar-refractivity contribution in [3.8, 4) is 0 Å². The van der Waals surface area contributed by atoms with Gasteiger partial charge in [0, 0.05) is 4.47 Å². The largest absolute Gasteiger partial charge is 0.447 e. The molecule has 5 heteroatoms. The number of ether oxygens (including phenoxy) is 1. The monoisotopic (exact) mass is 413 g/mol. The molecular weight excluding hydrogens is 394 g/mol. The fraction of sp³-hybridized carbons (Fsp3) is 0.238. The normalized spacial score (nSPS) is 17.7. The Hall–Kier alpha value is -2.40. The molecule has 0 spiro atoms. The summed E-state index contributed by atoms with van der Waals surface area (Å²) in [5.41, 5.74) is 1.91. The fourth-order valence-corrected chi connectivity index (χ4v) is 3.78. The highest BCUT2D eigenvalue weighted by Crippen LogP contribution is 2.31. The molecule has 134 valence electrons. The maximum atomic E-state index is 13.3. The van der Waals surface area contributed by atoms with Gasteiger partial charge in [-0.1, -0.05) is 70.5 Å². The molecule has 2 aromatic carbocycles. The van der Waals surface area contributed by atoms with Crippen LogP contribution in [0.15, 0.2) is 71.7 Å². The Morgan fingerprint density at radius 2 is 1.92 bits per heavy atom. The van der Waals surface area contributed by atoms with Crippen molar-refractivity contribution < 1.29 is 14.3 Å². The van der Waals surface area contributed by atoms with E-state index in [1.165, 1.54) is 4.90 Å². The zero-order valence-electron chi connectivity index (χ0n) is 14.3. The average molecular weight is 414 g/mol. The van der Waals surface area contributed by atoms with Crippen molar-refractivity contribution in [3.63, 3.8) is 0 Å². The second-order valence-electron chi connectivity index (χ2n) is 6.23. The van der Waals surface area contributed by atoms with Crippen molar-refractivity contribution in [1.29, 1.82) is 0 Å². The molecular formula is C21H20BrNO3. The van der Waals surface area contributed by atoms with Gasteiger partial charge < -0.3 is 4.74 Å². The van der Waals surface area contributed by atoms with Crippen molar-refractivity contribution in [1.82, 2.24) is 4.90 Å². The van der Waals surface area contributed by atoms with Gasteiger partial charge in [-0.25, -0.2) is 9.69 Å². The first-order valence-corrected chi connectivity index (χ1v) is 9.30. The van der Waals surface area contributed by atoms with Gasteiger partial charge in [-0.15, -0.1) is 6.58 Å². The molecule has 2 amide bonds. The molecule has 1 aliphatic heterocycles. The number of carbonyl (C=O) groups is 2. The van der Waals surface area contributed by atoms with Gasteiger partial charge in [0.15, 0.2) is 0 Å². The van der Waals surface area contributed by atoms with E-state index in [2.05, 4.69) is 22.5 Å². The summed E-state index contributed by atoms with van der Waals surface area (Å²) in [5.74, 6) is -0.729. The van der Waals surface area contributed by atoms with Crippen LogP contribution in [0, 0.1) is 0 Å². The Bertz CT molecular complexity index is 806. The Morgan fingerprint density at radius 1 is 1.23 bits per heavy atom. The summed E-state index contributed by atoms with van der Waals surface area (Å²) in [7, 11) is 0. The molecule has 2 atom stereocenters. The van der Waals surface area contributed by atoms with Gasteiger partial charge in [-0.2, -0.15) is 0 Å². The minimum absolute atomic E-state index is 0.218. The third-order valence-electron chi connectivity index (χ3n) is 4.49. The molecule has 0 aromatic heterocycles. The van der Waals surface area contributed by atoms with Gasteiger partial charge in [0.1, 0.15) is 6.61 Å². The van der Waals surface area contributed by atoms with Gasteiger partial charge >= 0.3 is 6.09 Å². The third-order valence-corrected chi connectivity index (χ3v) is 5.22. The molecule has 2 aromatic rings. The molecule has 3 rings (SSSR count). The molecule has 1 saturated heterocycles. The third kappa shape index (κ3) is 3.88. The highest BCUT2D eigenvalue weighted by Gasteiger charge is 2.41. The lowest BCUT2D eigenvalue weighted by molar-refractivity contribution is -0.130. The lowest BCUT2D eigenvalue weighted by Crippen LogP contribution is -2.42. The van der Waals surface area contributed by atoms with Crippen LogP contribution in [0.3, 0.4) is 0 Å². The number of benzene rings is 2. The summed E-state index contributed by atoms with van der Waals surface area (Å²) in [6.07, 6.45) is 2.16. The van der Waals surface area contributed by atoms with Crippen molar-refractivity contribution in [2.45, 2.75) is 24.8 Å². The van der Waals surface area contributed by atoms with E-state index in [0.29, 0.717) is 12.8 Å². The number of hydrogen-bond donors (Lipinski definition) is 0.